The maximum atomic E-state index is 12.9. The van der Waals surface area contributed by atoms with Gasteiger partial charge in [-0.15, -0.1) is 0 Å². The molecular weight excluding hydrogens is 527 g/mol. The van der Waals surface area contributed by atoms with Crippen LogP contribution in [0.4, 0.5) is 39.5 Å². The standard InChI is InChI=1S/C15H31F9O4Si4/c1-29(2,3)26-31(5,11-8-14(19,20)21)28-32(6,12-9-15(22,23)24)27-30(4,25)10-7-13(16,17)18/h25H,7-12H2,1-6H3. The average molecular weight is 559 g/mol. The summed E-state index contributed by atoms with van der Waals surface area (Å²) in [5.74, 6) is 0. The van der Waals surface area contributed by atoms with E-state index in [9.17, 15) is 44.3 Å². The number of rotatable bonds is 12. The van der Waals surface area contributed by atoms with Gasteiger partial charge in [-0.25, -0.2) is 0 Å². The van der Waals surface area contributed by atoms with Crippen molar-refractivity contribution in [3.8, 4) is 0 Å². The minimum atomic E-state index is -4.66. The van der Waals surface area contributed by atoms with Gasteiger partial charge in [-0.2, -0.15) is 39.5 Å². The van der Waals surface area contributed by atoms with Crippen molar-refractivity contribution in [3.63, 3.8) is 0 Å². The van der Waals surface area contributed by atoms with Gasteiger partial charge in [0.15, 0.2) is 8.32 Å². The summed E-state index contributed by atoms with van der Waals surface area (Å²) in [4.78, 5) is 10.4. The topological polar surface area (TPSA) is 47.9 Å². The lowest BCUT2D eigenvalue weighted by Gasteiger charge is -2.43. The predicted molar refractivity (Wildman–Crippen MR) is 110 cm³/mol. The Kier molecular flexibility index (Phi) is 10.8. The third-order valence-electron chi connectivity index (χ3n) is 3.99. The van der Waals surface area contributed by atoms with Gasteiger partial charge in [-0.3, -0.25) is 0 Å². The number of halogens is 9. The van der Waals surface area contributed by atoms with Crippen LogP contribution in [-0.4, -0.2) is 57.3 Å². The zero-order valence-electron chi connectivity index (χ0n) is 18.8. The second-order valence-electron chi connectivity index (χ2n) is 9.21. The highest BCUT2D eigenvalue weighted by atomic mass is 28.5. The van der Waals surface area contributed by atoms with Gasteiger partial charge in [0.05, 0.1) is 0 Å². The normalized spacial score (nSPS) is 19.9. The Labute approximate surface area is 186 Å². The van der Waals surface area contributed by atoms with Crippen LogP contribution >= 0.6 is 0 Å². The Bertz CT molecular complexity index is 593. The van der Waals surface area contributed by atoms with Crippen LogP contribution in [0.1, 0.15) is 19.3 Å². The average Bonchev–Trinajstić information content (AvgIpc) is 2.45. The van der Waals surface area contributed by atoms with E-state index in [2.05, 4.69) is 0 Å². The molecule has 3 unspecified atom stereocenters. The molecule has 0 bridgehead atoms. The molecule has 0 fully saturated rings. The summed E-state index contributed by atoms with van der Waals surface area (Å²) in [5, 5.41) is 0. The Morgan fingerprint density at radius 2 is 0.844 bits per heavy atom. The van der Waals surface area contributed by atoms with Crippen LogP contribution in [0.5, 0.6) is 0 Å². The van der Waals surface area contributed by atoms with E-state index in [4.69, 9.17) is 12.3 Å². The smallest absolute Gasteiger partial charge is 0.389 e. The third kappa shape index (κ3) is 16.7. The molecule has 0 amide bonds. The summed E-state index contributed by atoms with van der Waals surface area (Å²) >= 11 is 0. The van der Waals surface area contributed by atoms with E-state index in [1.807, 2.05) is 0 Å². The first-order valence-corrected chi connectivity index (χ1v) is 20.8. The molecule has 3 atom stereocenters. The fraction of sp³-hybridized carbons (Fsp3) is 1.00. The van der Waals surface area contributed by atoms with Crippen LogP contribution in [-0.2, 0) is 12.3 Å². The summed E-state index contributed by atoms with van der Waals surface area (Å²) in [7, 11) is -14.6. The third-order valence-corrected chi connectivity index (χ3v) is 18.6. The van der Waals surface area contributed by atoms with Gasteiger partial charge in [-0.05, 0) is 57.4 Å². The summed E-state index contributed by atoms with van der Waals surface area (Å²) in [5.41, 5.74) is 0. The van der Waals surface area contributed by atoms with Crippen LogP contribution in [0.15, 0.2) is 0 Å². The SMILES string of the molecule is C[Si](C)(C)O[Si](C)(CCC(F)(F)F)O[Si](C)(CCC(F)(F)F)O[Si](C)(O)CCC(F)(F)F. The maximum absolute atomic E-state index is 12.9. The van der Waals surface area contributed by atoms with Crippen LogP contribution in [0, 0.1) is 0 Å². The van der Waals surface area contributed by atoms with Gasteiger partial charge in [0.1, 0.15) is 0 Å². The second kappa shape index (κ2) is 10.8. The van der Waals surface area contributed by atoms with Crippen LogP contribution in [0.3, 0.4) is 0 Å². The van der Waals surface area contributed by atoms with Gasteiger partial charge in [0.25, 0.3) is 0 Å². The van der Waals surface area contributed by atoms with Crippen molar-refractivity contribution in [2.45, 2.75) is 95.2 Å². The van der Waals surface area contributed by atoms with Gasteiger partial charge in [0.2, 0.25) is 0 Å². The van der Waals surface area contributed by atoms with Crippen LogP contribution in [0.25, 0.3) is 0 Å². The maximum Gasteiger partial charge on any atom is 0.389 e. The molecule has 0 aromatic heterocycles. The minimum Gasteiger partial charge on any atom is -0.437 e. The Morgan fingerprint density at radius 1 is 0.531 bits per heavy atom. The molecule has 0 aliphatic carbocycles. The Morgan fingerprint density at radius 3 is 1.16 bits per heavy atom. The zero-order chi connectivity index (χ0) is 25.9. The molecule has 0 radical (unpaired) electrons. The van der Waals surface area contributed by atoms with Crippen molar-refractivity contribution >= 4 is 34.0 Å². The van der Waals surface area contributed by atoms with E-state index < -0.39 is 89.9 Å². The van der Waals surface area contributed by atoms with E-state index in [0.717, 1.165) is 13.1 Å². The van der Waals surface area contributed by atoms with Crippen molar-refractivity contribution in [3.05, 3.63) is 0 Å². The van der Waals surface area contributed by atoms with Crippen molar-refractivity contribution in [2.75, 3.05) is 0 Å². The fourth-order valence-corrected chi connectivity index (χ4v) is 20.9. The largest absolute Gasteiger partial charge is 0.437 e. The number of hydrogen-bond donors (Lipinski definition) is 1. The Hall–Kier alpha value is 0.0775. The van der Waals surface area contributed by atoms with Crippen molar-refractivity contribution in [2.24, 2.45) is 0 Å². The number of hydrogen-bond acceptors (Lipinski definition) is 4. The lowest BCUT2D eigenvalue weighted by atomic mass is 10.5. The molecule has 0 aliphatic rings. The van der Waals surface area contributed by atoms with Crippen LogP contribution < -0.4 is 0 Å². The van der Waals surface area contributed by atoms with Crippen molar-refractivity contribution in [1.82, 2.24) is 0 Å². The Balaban J connectivity index is 5.90. The van der Waals surface area contributed by atoms with E-state index in [0.29, 0.717) is 0 Å². The van der Waals surface area contributed by atoms with Gasteiger partial charge >= 0.3 is 44.2 Å². The quantitative estimate of drug-likeness (QED) is 0.208. The monoisotopic (exact) mass is 558 g/mol. The molecule has 17 heteroatoms. The molecule has 4 nitrogen and oxygen atoms in total. The predicted octanol–water partition coefficient (Wildman–Crippen LogP) is 6.94. The van der Waals surface area contributed by atoms with E-state index in [-0.39, 0.29) is 0 Å². The first-order chi connectivity index (χ1) is 13.7. The second-order valence-corrected chi connectivity index (χ2v) is 24.3. The summed E-state index contributed by atoms with van der Waals surface area (Å²) in [6, 6.07) is -2.26. The van der Waals surface area contributed by atoms with Gasteiger partial charge < -0.3 is 17.1 Å². The first-order valence-electron chi connectivity index (χ1n) is 9.77. The lowest BCUT2D eigenvalue weighted by Crippen LogP contribution is -2.59. The molecule has 0 heterocycles. The zero-order valence-corrected chi connectivity index (χ0v) is 22.8. The summed E-state index contributed by atoms with van der Waals surface area (Å²) < 4.78 is 132. The van der Waals surface area contributed by atoms with Gasteiger partial charge in [0, 0.05) is 19.3 Å². The molecule has 32 heavy (non-hydrogen) atoms. The molecule has 0 aliphatic heterocycles. The highest BCUT2D eigenvalue weighted by Gasteiger charge is 2.51. The number of alkyl halides is 9. The lowest BCUT2D eigenvalue weighted by molar-refractivity contribution is -0.132. The molecule has 0 spiro atoms. The molecule has 194 valence electrons. The molecule has 0 saturated heterocycles. The summed E-state index contributed by atoms with van der Waals surface area (Å²) in [6.45, 7) is 8.40. The first kappa shape index (κ1) is 32.1. The fourth-order valence-electron chi connectivity index (χ4n) is 2.98. The van der Waals surface area contributed by atoms with E-state index in [1.165, 1.54) is 6.55 Å². The minimum absolute atomic E-state index is 0.620. The molecule has 1 N–H and O–H groups in total. The molecule has 0 aromatic carbocycles. The van der Waals surface area contributed by atoms with Gasteiger partial charge in [-0.1, -0.05) is 0 Å². The summed E-state index contributed by atoms with van der Waals surface area (Å²) in [6.07, 6.45) is -18.0. The molecular formula is C15H31F9O4Si4. The molecule has 0 aromatic rings. The van der Waals surface area contributed by atoms with E-state index >= 15 is 0 Å². The molecule has 0 saturated carbocycles. The highest BCUT2D eigenvalue weighted by molar-refractivity contribution is 6.89. The van der Waals surface area contributed by atoms with Crippen molar-refractivity contribution in [1.29, 1.82) is 0 Å². The highest BCUT2D eigenvalue weighted by Crippen LogP contribution is 2.36. The van der Waals surface area contributed by atoms with Crippen molar-refractivity contribution < 1.29 is 56.7 Å². The van der Waals surface area contributed by atoms with Crippen LogP contribution in [0.2, 0.25) is 57.4 Å². The molecule has 0 rings (SSSR count). The van der Waals surface area contributed by atoms with E-state index in [1.54, 1.807) is 19.6 Å².